The van der Waals surface area contributed by atoms with Crippen molar-refractivity contribution in [2.75, 3.05) is 33.4 Å². The zero-order valence-electron chi connectivity index (χ0n) is 20.3. The van der Waals surface area contributed by atoms with Gasteiger partial charge in [0.25, 0.3) is 5.91 Å². The maximum absolute atomic E-state index is 13.2. The fourth-order valence-corrected chi connectivity index (χ4v) is 5.54. The number of aryl methyl sites for hydroxylation is 2. The van der Waals surface area contributed by atoms with Gasteiger partial charge in [0.2, 0.25) is 10.0 Å². The topological polar surface area (TPSA) is 84.9 Å². The standard InChI is InChI=1S/C25H34N2O5S/c1-16(2)21-15-22(18(4)13-24(21)31-6)19(5)26-25(28)23-14-20(8-7-17(23)3)33(29,30)27-9-11-32-12-10-27/h7-8,13-16,19H,9-12H2,1-6H3,(H,26,28)/t19-/m1/s1. The molecule has 0 saturated carbocycles. The predicted octanol–water partition coefficient (Wildman–Crippen LogP) is 3.95. The van der Waals surface area contributed by atoms with Gasteiger partial charge in [0, 0.05) is 18.7 Å². The van der Waals surface area contributed by atoms with Crippen LogP contribution in [-0.4, -0.2) is 52.0 Å². The third-order valence-corrected chi connectivity index (χ3v) is 8.01. The normalized spacial score (nSPS) is 16.0. The molecule has 2 aromatic rings. The Morgan fingerprint density at radius 2 is 1.70 bits per heavy atom. The maximum Gasteiger partial charge on any atom is 0.252 e. The summed E-state index contributed by atoms with van der Waals surface area (Å²) in [6.07, 6.45) is 0. The molecule has 7 nitrogen and oxygen atoms in total. The quantitative estimate of drug-likeness (QED) is 0.657. The lowest BCUT2D eigenvalue weighted by Gasteiger charge is -2.26. The highest BCUT2D eigenvalue weighted by Crippen LogP contribution is 2.32. The molecule has 1 heterocycles. The van der Waals surface area contributed by atoms with Crippen molar-refractivity contribution in [2.24, 2.45) is 0 Å². The van der Waals surface area contributed by atoms with Gasteiger partial charge in [-0.3, -0.25) is 4.79 Å². The average Bonchev–Trinajstić information content (AvgIpc) is 2.79. The average molecular weight is 475 g/mol. The number of benzene rings is 2. The van der Waals surface area contributed by atoms with E-state index in [9.17, 15) is 13.2 Å². The Balaban J connectivity index is 1.87. The summed E-state index contributed by atoms with van der Waals surface area (Å²) in [6, 6.07) is 8.53. The first-order chi connectivity index (χ1) is 15.6. The third-order valence-electron chi connectivity index (χ3n) is 6.12. The van der Waals surface area contributed by atoms with Gasteiger partial charge in [-0.25, -0.2) is 8.42 Å². The fraction of sp³-hybridized carbons (Fsp3) is 0.480. The molecule has 1 fully saturated rings. The summed E-state index contributed by atoms with van der Waals surface area (Å²) in [5.74, 6) is 0.800. The number of carbonyl (C=O) groups is 1. The highest BCUT2D eigenvalue weighted by molar-refractivity contribution is 7.89. The zero-order chi connectivity index (χ0) is 24.3. The van der Waals surface area contributed by atoms with E-state index >= 15 is 0 Å². The van der Waals surface area contributed by atoms with Crippen LogP contribution >= 0.6 is 0 Å². The van der Waals surface area contributed by atoms with Crippen LogP contribution in [0.25, 0.3) is 0 Å². The number of hydrogen-bond acceptors (Lipinski definition) is 5. The number of rotatable bonds is 7. The minimum atomic E-state index is -3.69. The van der Waals surface area contributed by atoms with Crippen LogP contribution < -0.4 is 10.1 Å². The summed E-state index contributed by atoms with van der Waals surface area (Å²) in [4.78, 5) is 13.3. The predicted molar refractivity (Wildman–Crippen MR) is 128 cm³/mol. The Bertz CT molecular complexity index is 1120. The molecule has 1 aliphatic heterocycles. The molecule has 180 valence electrons. The highest BCUT2D eigenvalue weighted by Gasteiger charge is 2.28. The molecular weight excluding hydrogens is 440 g/mol. The van der Waals surface area contributed by atoms with Crippen molar-refractivity contribution in [3.8, 4) is 5.75 Å². The Hall–Kier alpha value is -2.42. The molecule has 0 aromatic heterocycles. The molecule has 0 aliphatic carbocycles. The molecule has 1 aliphatic rings. The SMILES string of the molecule is COc1cc(C)c([C@@H](C)NC(=O)c2cc(S(=O)(=O)N3CCOCC3)ccc2C)cc1C(C)C. The van der Waals surface area contributed by atoms with E-state index in [4.69, 9.17) is 9.47 Å². The monoisotopic (exact) mass is 474 g/mol. The summed E-state index contributed by atoms with van der Waals surface area (Å²) in [7, 11) is -2.03. The molecule has 8 heteroatoms. The number of methoxy groups -OCH3 is 1. The molecule has 0 bridgehead atoms. The van der Waals surface area contributed by atoms with E-state index in [-0.39, 0.29) is 22.8 Å². The highest BCUT2D eigenvalue weighted by atomic mass is 32.2. The number of amides is 1. The van der Waals surface area contributed by atoms with Crippen molar-refractivity contribution in [2.45, 2.75) is 51.5 Å². The first-order valence-electron chi connectivity index (χ1n) is 11.2. The van der Waals surface area contributed by atoms with Crippen LogP contribution in [0.1, 0.15) is 65.3 Å². The minimum absolute atomic E-state index is 0.121. The minimum Gasteiger partial charge on any atom is -0.496 e. The van der Waals surface area contributed by atoms with E-state index < -0.39 is 10.0 Å². The van der Waals surface area contributed by atoms with Gasteiger partial charge in [0.05, 0.1) is 31.3 Å². The molecule has 1 saturated heterocycles. The van der Waals surface area contributed by atoms with Gasteiger partial charge in [0.1, 0.15) is 5.75 Å². The molecule has 1 amide bonds. The van der Waals surface area contributed by atoms with E-state index in [1.807, 2.05) is 19.9 Å². The first kappa shape index (κ1) is 25.2. The molecule has 1 atom stereocenters. The number of nitrogens with zero attached hydrogens (tertiary/aromatic N) is 1. The summed E-state index contributed by atoms with van der Waals surface area (Å²) in [5, 5.41) is 3.05. The van der Waals surface area contributed by atoms with E-state index in [0.717, 1.165) is 28.0 Å². The summed E-state index contributed by atoms with van der Waals surface area (Å²) in [5.41, 5.74) is 4.17. The molecule has 0 spiro atoms. The molecule has 3 rings (SSSR count). The van der Waals surface area contributed by atoms with Crippen LogP contribution in [0.5, 0.6) is 5.75 Å². The zero-order valence-corrected chi connectivity index (χ0v) is 21.1. The smallest absolute Gasteiger partial charge is 0.252 e. The van der Waals surface area contributed by atoms with Crippen LogP contribution in [0.15, 0.2) is 35.2 Å². The Morgan fingerprint density at radius 3 is 2.30 bits per heavy atom. The van der Waals surface area contributed by atoms with Gasteiger partial charge >= 0.3 is 0 Å². The lowest BCUT2D eigenvalue weighted by Crippen LogP contribution is -2.40. The Morgan fingerprint density at radius 1 is 1.03 bits per heavy atom. The summed E-state index contributed by atoms with van der Waals surface area (Å²) >= 11 is 0. The van der Waals surface area contributed by atoms with Crippen LogP contribution in [0.4, 0.5) is 0 Å². The van der Waals surface area contributed by atoms with Gasteiger partial charge in [-0.2, -0.15) is 4.31 Å². The van der Waals surface area contributed by atoms with Crippen LogP contribution in [-0.2, 0) is 14.8 Å². The molecule has 2 aromatic carbocycles. The van der Waals surface area contributed by atoms with Crippen molar-refractivity contribution in [3.63, 3.8) is 0 Å². The second kappa shape index (κ2) is 10.2. The van der Waals surface area contributed by atoms with Crippen molar-refractivity contribution in [1.29, 1.82) is 0 Å². The largest absolute Gasteiger partial charge is 0.496 e. The van der Waals surface area contributed by atoms with Gasteiger partial charge in [-0.05, 0) is 73.2 Å². The van der Waals surface area contributed by atoms with Crippen molar-refractivity contribution in [3.05, 3.63) is 58.1 Å². The van der Waals surface area contributed by atoms with E-state index in [1.54, 1.807) is 26.2 Å². The van der Waals surface area contributed by atoms with Crippen LogP contribution in [0.3, 0.4) is 0 Å². The number of hydrogen-bond donors (Lipinski definition) is 1. The van der Waals surface area contributed by atoms with Gasteiger partial charge in [-0.1, -0.05) is 19.9 Å². The van der Waals surface area contributed by atoms with Crippen molar-refractivity contribution >= 4 is 15.9 Å². The third kappa shape index (κ3) is 5.39. The lowest BCUT2D eigenvalue weighted by atomic mass is 9.93. The molecule has 1 N–H and O–H groups in total. The number of nitrogens with one attached hydrogen (secondary N) is 1. The number of carbonyl (C=O) groups excluding carboxylic acids is 1. The Labute approximate surface area is 197 Å². The van der Waals surface area contributed by atoms with E-state index in [1.165, 1.54) is 10.4 Å². The van der Waals surface area contributed by atoms with Crippen molar-refractivity contribution < 1.29 is 22.7 Å². The van der Waals surface area contributed by atoms with Crippen LogP contribution in [0, 0.1) is 13.8 Å². The van der Waals surface area contributed by atoms with E-state index in [0.29, 0.717) is 31.9 Å². The van der Waals surface area contributed by atoms with Gasteiger partial charge in [0.15, 0.2) is 0 Å². The van der Waals surface area contributed by atoms with Gasteiger partial charge < -0.3 is 14.8 Å². The van der Waals surface area contributed by atoms with Crippen LogP contribution in [0.2, 0.25) is 0 Å². The molecule has 33 heavy (non-hydrogen) atoms. The second-order valence-electron chi connectivity index (χ2n) is 8.79. The number of ether oxygens (including phenoxy) is 2. The molecule has 0 unspecified atom stereocenters. The lowest BCUT2D eigenvalue weighted by molar-refractivity contribution is 0.0730. The van der Waals surface area contributed by atoms with Crippen molar-refractivity contribution in [1.82, 2.24) is 9.62 Å². The number of morpholine rings is 1. The maximum atomic E-state index is 13.2. The first-order valence-corrected chi connectivity index (χ1v) is 12.7. The van der Waals surface area contributed by atoms with Gasteiger partial charge in [-0.15, -0.1) is 0 Å². The fourth-order valence-electron chi connectivity index (χ4n) is 4.10. The second-order valence-corrected chi connectivity index (χ2v) is 10.7. The Kier molecular flexibility index (Phi) is 7.82. The summed E-state index contributed by atoms with van der Waals surface area (Å²) < 4.78 is 38.3. The molecular formula is C25H34N2O5S. The van der Waals surface area contributed by atoms with E-state index in [2.05, 4.69) is 25.2 Å². The number of sulfonamides is 1. The molecule has 0 radical (unpaired) electrons. The summed E-state index contributed by atoms with van der Waals surface area (Å²) in [6.45, 7) is 11.3.